The van der Waals surface area contributed by atoms with E-state index in [-0.39, 0.29) is 0 Å². The van der Waals surface area contributed by atoms with Gasteiger partial charge in [-0.3, -0.25) is 0 Å². The van der Waals surface area contributed by atoms with Crippen LogP contribution in [0.3, 0.4) is 0 Å². The third-order valence-electron chi connectivity index (χ3n) is 5.14. The molecule has 4 rings (SSSR count). The van der Waals surface area contributed by atoms with Gasteiger partial charge in [0.25, 0.3) is 0 Å². The summed E-state index contributed by atoms with van der Waals surface area (Å²) in [5, 5.41) is 0. The zero-order chi connectivity index (χ0) is 14.1. The number of nitrogens with one attached hydrogen (secondary N) is 1. The Balaban J connectivity index is 1.42. The summed E-state index contributed by atoms with van der Waals surface area (Å²) in [4.78, 5) is 12.8. The molecule has 1 aromatic carbocycles. The Kier molecular flexibility index (Phi) is 3.55. The predicted molar refractivity (Wildman–Crippen MR) is 86.8 cm³/mol. The quantitative estimate of drug-likeness (QED) is 0.920. The van der Waals surface area contributed by atoms with Crippen LogP contribution in [0.15, 0.2) is 24.5 Å². The molecule has 4 heteroatoms. The number of fused-ring (bicyclic) bond motifs is 1. The lowest BCUT2D eigenvalue weighted by Crippen LogP contribution is -2.46. The molecule has 0 aliphatic carbocycles. The minimum absolute atomic E-state index is 0.817. The molecule has 4 nitrogen and oxygen atoms in total. The fraction of sp³-hybridized carbons (Fsp3) is 0.588. The van der Waals surface area contributed by atoms with Gasteiger partial charge in [0.2, 0.25) is 0 Å². The summed E-state index contributed by atoms with van der Waals surface area (Å²) in [6.07, 6.45) is 8.62. The van der Waals surface area contributed by atoms with Gasteiger partial charge >= 0.3 is 0 Å². The summed E-state index contributed by atoms with van der Waals surface area (Å²) in [5.74, 6) is 0. The van der Waals surface area contributed by atoms with Gasteiger partial charge in [-0.05, 0) is 57.0 Å². The minimum atomic E-state index is 0.817. The molecule has 112 valence electrons. The van der Waals surface area contributed by atoms with Crippen LogP contribution in [0.1, 0.15) is 32.1 Å². The predicted octanol–water partition coefficient (Wildman–Crippen LogP) is 3.02. The smallest absolute Gasteiger partial charge is 0.0931 e. The Labute approximate surface area is 126 Å². The molecule has 2 aliphatic heterocycles. The van der Waals surface area contributed by atoms with Crippen molar-refractivity contribution in [3.05, 3.63) is 24.5 Å². The van der Waals surface area contributed by atoms with Gasteiger partial charge in [-0.1, -0.05) is 6.42 Å². The van der Waals surface area contributed by atoms with Crippen LogP contribution >= 0.6 is 0 Å². The van der Waals surface area contributed by atoms with Crippen LogP contribution in [-0.2, 0) is 0 Å². The molecule has 0 saturated carbocycles. The SMILES string of the molecule is c1nc2ccc(N3CCC(N4CCCCC4)CC3)cc2[nH]1. The summed E-state index contributed by atoms with van der Waals surface area (Å²) >= 11 is 0. The number of nitrogens with zero attached hydrogens (tertiary/aromatic N) is 3. The molecule has 0 radical (unpaired) electrons. The summed E-state index contributed by atoms with van der Waals surface area (Å²) in [5.41, 5.74) is 3.54. The normalized spacial score (nSPS) is 22.0. The topological polar surface area (TPSA) is 35.2 Å². The van der Waals surface area contributed by atoms with Crippen LogP contribution in [0.5, 0.6) is 0 Å². The van der Waals surface area contributed by atoms with Gasteiger partial charge < -0.3 is 14.8 Å². The van der Waals surface area contributed by atoms with Crippen molar-refractivity contribution < 1.29 is 0 Å². The van der Waals surface area contributed by atoms with E-state index in [1.807, 2.05) is 0 Å². The highest BCUT2D eigenvalue weighted by Crippen LogP contribution is 2.26. The second kappa shape index (κ2) is 5.68. The summed E-state index contributed by atoms with van der Waals surface area (Å²) < 4.78 is 0. The summed E-state index contributed by atoms with van der Waals surface area (Å²) in [7, 11) is 0. The highest BCUT2D eigenvalue weighted by atomic mass is 15.2. The number of hydrogen-bond acceptors (Lipinski definition) is 3. The second-order valence-electron chi connectivity index (χ2n) is 6.42. The zero-order valence-corrected chi connectivity index (χ0v) is 12.6. The fourth-order valence-corrected chi connectivity index (χ4v) is 3.89. The molecule has 3 heterocycles. The molecule has 0 unspecified atom stereocenters. The van der Waals surface area contributed by atoms with E-state index in [0.717, 1.165) is 17.1 Å². The van der Waals surface area contributed by atoms with Crippen LogP contribution in [-0.4, -0.2) is 47.1 Å². The molecule has 0 spiro atoms. The second-order valence-corrected chi connectivity index (χ2v) is 6.42. The maximum absolute atomic E-state index is 4.30. The van der Waals surface area contributed by atoms with Gasteiger partial charge in [0.15, 0.2) is 0 Å². The molecule has 21 heavy (non-hydrogen) atoms. The van der Waals surface area contributed by atoms with Crippen LogP contribution in [0.25, 0.3) is 11.0 Å². The number of likely N-dealkylation sites (tertiary alicyclic amines) is 1. The molecule has 1 aromatic heterocycles. The number of benzene rings is 1. The molecule has 0 atom stereocenters. The first-order valence-electron chi connectivity index (χ1n) is 8.32. The Morgan fingerprint density at radius 2 is 1.81 bits per heavy atom. The number of rotatable bonds is 2. The molecule has 2 fully saturated rings. The Hall–Kier alpha value is -1.55. The maximum atomic E-state index is 4.30. The first-order chi connectivity index (χ1) is 10.4. The number of anilines is 1. The largest absolute Gasteiger partial charge is 0.371 e. The van der Waals surface area contributed by atoms with Crippen molar-refractivity contribution in [1.82, 2.24) is 14.9 Å². The number of hydrogen-bond donors (Lipinski definition) is 1. The van der Waals surface area contributed by atoms with E-state index in [1.54, 1.807) is 6.33 Å². The number of H-pyrrole nitrogens is 1. The number of piperidine rings is 2. The maximum Gasteiger partial charge on any atom is 0.0931 e. The molecular formula is C17H24N4. The Morgan fingerprint density at radius 1 is 1.00 bits per heavy atom. The minimum Gasteiger partial charge on any atom is -0.371 e. The van der Waals surface area contributed by atoms with Crippen LogP contribution in [0.4, 0.5) is 5.69 Å². The van der Waals surface area contributed by atoms with Crippen molar-refractivity contribution in [3.8, 4) is 0 Å². The van der Waals surface area contributed by atoms with Crippen LogP contribution in [0.2, 0.25) is 0 Å². The third kappa shape index (κ3) is 2.64. The van der Waals surface area contributed by atoms with Crippen LogP contribution in [0, 0.1) is 0 Å². The average Bonchev–Trinajstić information content (AvgIpc) is 3.03. The first kappa shape index (κ1) is 13.1. The van der Waals surface area contributed by atoms with Gasteiger partial charge in [0.05, 0.1) is 17.4 Å². The molecular weight excluding hydrogens is 260 g/mol. The van der Waals surface area contributed by atoms with E-state index in [0.29, 0.717) is 0 Å². The van der Waals surface area contributed by atoms with Crippen molar-refractivity contribution in [1.29, 1.82) is 0 Å². The van der Waals surface area contributed by atoms with Gasteiger partial charge in [0, 0.05) is 24.8 Å². The van der Waals surface area contributed by atoms with Gasteiger partial charge in [-0.25, -0.2) is 4.98 Å². The molecule has 2 aromatic rings. The first-order valence-corrected chi connectivity index (χ1v) is 8.32. The van der Waals surface area contributed by atoms with Crippen molar-refractivity contribution in [3.63, 3.8) is 0 Å². The molecule has 2 saturated heterocycles. The average molecular weight is 284 g/mol. The lowest BCUT2D eigenvalue weighted by molar-refractivity contribution is 0.141. The van der Waals surface area contributed by atoms with Crippen molar-refractivity contribution in [2.45, 2.75) is 38.1 Å². The van der Waals surface area contributed by atoms with Crippen molar-refractivity contribution in [2.24, 2.45) is 0 Å². The monoisotopic (exact) mass is 284 g/mol. The van der Waals surface area contributed by atoms with E-state index in [2.05, 4.69) is 38.0 Å². The molecule has 1 N–H and O–H groups in total. The molecule has 0 bridgehead atoms. The Bertz CT molecular complexity index is 592. The summed E-state index contributed by atoms with van der Waals surface area (Å²) in [6.45, 7) is 5.01. The van der Waals surface area contributed by atoms with E-state index in [4.69, 9.17) is 0 Å². The number of imidazole rings is 1. The van der Waals surface area contributed by atoms with E-state index in [1.165, 1.54) is 64.0 Å². The van der Waals surface area contributed by atoms with E-state index < -0.39 is 0 Å². The van der Waals surface area contributed by atoms with Crippen molar-refractivity contribution in [2.75, 3.05) is 31.1 Å². The highest BCUT2D eigenvalue weighted by molar-refractivity contribution is 5.79. The van der Waals surface area contributed by atoms with Gasteiger partial charge in [-0.15, -0.1) is 0 Å². The summed E-state index contributed by atoms with van der Waals surface area (Å²) in [6, 6.07) is 7.39. The van der Waals surface area contributed by atoms with Crippen molar-refractivity contribution >= 4 is 16.7 Å². The lowest BCUT2D eigenvalue weighted by Gasteiger charge is -2.41. The zero-order valence-electron chi connectivity index (χ0n) is 12.6. The van der Waals surface area contributed by atoms with Gasteiger partial charge in [0.1, 0.15) is 0 Å². The highest BCUT2D eigenvalue weighted by Gasteiger charge is 2.25. The number of aromatic nitrogens is 2. The van der Waals surface area contributed by atoms with Crippen LogP contribution < -0.4 is 4.90 Å². The number of aromatic amines is 1. The Morgan fingerprint density at radius 3 is 2.62 bits per heavy atom. The van der Waals surface area contributed by atoms with E-state index >= 15 is 0 Å². The third-order valence-corrected chi connectivity index (χ3v) is 5.14. The lowest BCUT2D eigenvalue weighted by atomic mass is 9.99. The standard InChI is InChI=1S/C17H24N4/c1-2-8-20(9-3-1)14-6-10-21(11-7-14)15-4-5-16-17(12-15)19-13-18-16/h4-5,12-14H,1-3,6-11H2,(H,18,19). The molecule has 0 amide bonds. The van der Waals surface area contributed by atoms with Gasteiger partial charge in [-0.2, -0.15) is 0 Å². The fourth-order valence-electron chi connectivity index (χ4n) is 3.89. The molecule has 2 aliphatic rings. The van der Waals surface area contributed by atoms with E-state index in [9.17, 15) is 0 Å².